The van der Waals surface area contributed by atoms with Crippen molar-refractivity contribution in [2.45, 2.75) is 12.5 Å². The Morgan fingerprint density at radius 2 is 1.75 bits per heavy atom. The van der Waals surface area contributed by atoms with Gasteiger partial charge in [0.1, 0.15) is 11.5 Å². The normalized spacial score (nSPS) is 17.0. The first-order chi connectivity index (χ1) is 15.7. The van der Waals surface area contributed by atoms with E-state index in [0.717, 1.165) is 44.2 Å². The van der Waals surface area contributed by atoms with Crippen LogP contribution in [-0.4, -0.2) is 56.6 Å². The molecule has 2 aliphatic heterocycles. The molecule has 0 aromatic heterocycles. The Morgan fingerprint density at radius 1 is 1.00 bits per heavy atom. The van der Waals surface area contributed by atoms with Crippen molar-refractivity contribution in [1.82, 2.24) is 5.32 Å². The van der Waals surface area contributed by atoms with E-state index in [1.807, 2.05) is 18.2 Å². The number of nitrogens with zero attached hydrogens (tertiary/aromatic N) is 1. The third-order valence-electron chi connectivity index (χ3n) is 5.85. The molecule has 32 heavy (non-hydrogen) atoms. The van der Waals surface area contributed by atoms with Gasteiger partial charge < -0.3 is 29.7 Å². The van der Waals surface area contributed by atoms with Gasteiger partial charge in [0.25, 0.3) is 0 Å². The summed E-state index contributed by atoms with van der Waals surface area (Å²) < 4.78 is 11.2. The minimum absolute atomic E-state index is 0.524. The van der Waals surface area contributed by atoms with E-state index in [2.05, 4.69) is 40.5 Å². The summed E-state index contributed by atoms with van der Waals surface area (Å²) in [5.74, 6) is 1.89. The molecule has 0 radical (unpaired) electrons. The van der Waals surface area contributed by atoms with Crippen LogP contribution in [0.1, 0.15) is 6.42 Å². The fourth-order valence-electron chi connectivity index (χ4n) is 4.09. The van der Waals surface area contributed by atoms with Gasteiger partial charge in [-0.05, 0) is 40.9 Å². The molecular formula is C25H29BN2O4. The summed E-state index contributed by atoms with van der Waals surface area (Å²) in [5, 5.41) is 20.6. The monoisotopic (exact) mass is 432 g/mol. The lowest BCUT2D eigenvalue weighted by Gasteiger charge is -2.36. The summed E-state index contributed by atoms with van der Waals surface area (Å²) in [6.45, 7) is 3.89. The van der Waals surface area contributed by atoms with Gasteiger partial charge in [-0.3, -0.25) is 0 Å². The molecule has 3 N–H and O–H groups in total. The lowest BCUT2D eigenvalue weighted by atomic mass is 9.81. The van der Waals surface area contributed by atoms with E-state index in [9.17, 15) is 0 Å². The predicted octanol–water partition coefficient (Wildman–Crippen LogP) is 2.29. The van der Waals surface area contributed by atoms with Crippen molar-refractivity contribution in [3.05, 3.63) is 72.8 Å². The lowest BCUT2D eigenvalue weighted by Crippen LogP contribution is -2.51. The highest BCUT2D eigenvalue weighted by Crippen LogP contribution is 2.37. The molecule has 0 aliphatic carbocycles. The standard InChI is InChI=1S/C19H22N2O2.C6H7BO2/c1-22-17-5-2-14(3-6-17)15-4-7-19-18(12-15)21-10-9-20-13-16(21)8-11-23-19;8-7(9)6-4-2-1-3-5-6/h2-7,12,16,20H,8-11,13H2,1H3;1-5,8-9H/t16-;/m0./s1. The summed E-state index contributed by atoms with van der Waals surface area (Å²) in [5.41, 5.74) is 4.17. The van der Waals surface area contributed by atoms with E-state index in [1.165, 1.54) is 16.8 Å². The van der Waals surface area contributed by atoms with Crippen LogP contribution >= 0.6 is 0 Å². The number of ether oxygens (including phenoxy) is 2. The maximum atomic E-state index is 8.58. The van der Waals surface area contributed by atoms with Crippen molar-refractivity contribution < 1.29 is 19.5 Å². The lowest BCUT2D eigenvalue weighted by molar-refractivity contribution is 0.304. The van der Waals surface area contributed by atoms with Gasteiger partial charge in [-0.15, -0.1) is 0 Å². The Kier molecular flexibility index (Phi) is 7.32. The fraction of sp³-hybridized carbons (Fsp3) is 0.280. The number of methoxy groups -OCH3 is 1. The van der Waals surface area contributed by atoms with E-state index < -0.39 is 7.12 Å². The average Bonchev–Trinajstić information content (AvgIpc) is 3.04. The number of piperazine rings is 1. The van der Waals surface area contributed by atoms with E-state index in [4.69, 9.17) is 19.5 Å². The molecule has 3 aromatic rings. The Bertz CT molecular complexity index is 999. The first-order valence-corrected chi connectivity index (χ1v) is 11.0. The zero-order valence-corrected chi connectivity index (χ0v) is 18.3. The van der Waals surface area contributed by atoms with Crippen LogP contribution in [0.3, 0.4) is 0 Å². The number of benzene rings is 3. The summed E-state index contributed by atoms with van der Waals surface area (Å²) >= 11 is 0. The van der Waals surface area contributed by atoms with Crippen LogP contribution < -0.4 is 25.2 Å². The van der Waals surface area contributed by atoms with Crippen molar-refractivity contribution >= 4 is 18.3 Å². The summed E-state index contributed by atoms with van der Waals surface area (Å²) in [6.07, 6.45) is 1.07. The van der Waals surface area contributed by atoms with Crippen molar-refractivity contribution in [3.63, 3.8) is 0 Å². The number of anilines is 1. The second-order valence-corrected chi connectivity index (χ2v) is 7.88. The first kappa shape index (κ1) is 22.2. The molecule has 0 spiro atoms. The highest BCUT2D eigenvalue weighted by Gasteiger charge is 2.27. The summed E-state index contributed by atoms with van der Waals surface area (Å²) in [4.78, 5) is 2.51. The summed E-state index contributed by atoms with van der Waals surface area (Å²) in [6, 6.07) is 23.9. The first-order valence-electron chi connectivity index (χ1n) is 11.0. The molecular weight excluding hydrogens is 403 g/mol. The molecule has 3 aromatic carbocycles. The number of rotatable bonds is 3. The number of nitrogens with one attached hydrogen (secondary N) is 1. The second kappa shape index (κ2) is 10.5. The highest BCUT2D eigenvalue weighted by atomic mass is 16.5. The van der Waals surface area contributed by atoms with Crippen LogP contribution in [-0.2, 0) is 0 Å². The second-order valence-electron chi connectivity index (χ2n) is 7.88. The maximum Gasteiger partial charge on any atom is 0.488 e. The summed E-state index contributed by atoms with van der Waals surface area (Å²) in [7, 11) is 0.352. The molecule has 1 fully saturated rings. The van der Waals surface area contributed by atoms with Crippen LogP contribution in [0, 0.1) is 0 Å². The van der Waals surface area contributed by atoms with Crippen molar-refractivity contribution in [2.24, 2.45) is 0 Å². The Balaban J connectivity index is 0.000000230. The molecule has 0 unspecified atom stereocenters. The molecule has 0 amide bonds. The van der Waals surface area contributed by atoms with Gasteiger partial charge >= 0.3 is 7.12 Å². The zero-order chi connectivity index (χ0) is 22.3. The van der Waals surface area contributed by atoms with Crippen LogP contribution in [0.15, 0.2) is 72.8 Å². The van der Waals surface area contributed by atoms with E-state index in [0.29, 0.717) is 11.5 Å². The van der Waals surface area contributed by atoms with Crippen LogP contribution in [0.2, 0.25) is 0 Å². The maximum absolute atomic E-state index is 8.58. The van der Waals surface area contributed by atoms with Gasteiger partial charge in [-0.1, -0.05) is 48.5 Å². The molecule has 166 valence electrons. The molecule has 2 heterocycles. The Hall–Kier alpha value is -3.00. The predicted molar refractivity (Wildman–Crippen MR) is 129 cm³/mol. The van der Waals surface area contributed by atoms with E-state index in [1.54, 1.807) is 31.4 Å². The Labute approximate surface area is 189 Å². The van der Waals surface area contributed by atoms with E-state index >= 15 is 0 Å². The fourth-order valence-corrected chi connectivity index (χ4v) is 4.09. The number of hydrogen-bond donors (Lipinski definition) is 3. The van der Waals surface area contributed by atoms with Crippen molar-refractivity contribution in [1.29, 1.82) is 0 Å². The quantitative estimate of drug-likeness (QED) is 0.552. The van der Waals surface area contributed by atoms with Crippen LogP contribution in [0.25, 0.3) is 11.1 Å². The van der Waals surface area contributed by atoms with Crippen molar-refractivity contribution in [2.75, 3.05) is 38.3 Å². The van der Waals surface area contributed by atoms with Gasteiger partial charge in [0.15, 0.2) is 0 Å². The van der Waals surface area contributed by atoms with Crippen LogP contribution in [0.4, 0.5) is 5.69 Å². The molecule has 6 nitrogen and oxygen atoms in total. The third-order valence-corrected chi connectivity index (χ3v) is 5.85. The Morgan fingerprint density at radius 3 is 2.44 bits per heavy atom. The van der Waals surface area contributed by atoms with Crippen LogP contribution in [0.5, 0.6) is 11.5 Å². The minimum atomic E-state index is -1.34. The van der Waals surface area contributed by atoms with Crippen molar-refractivity contribution in [3.8, 4) is 22.6 Å². The van der Waals surface area contributed by atoms with Gasteiger partial charge in [-0.2, -0.15) is 0 Å². The van der Waals surface area contributed by atoms with E-state index in [-0.39, 0.29) is 0 Å². The molecule has 5 rings (SSSR count). The third kappa shape index (κ3) is 5.25. The van der Waals surface area contributed by atoms with Gasteiger partial charge in [0, 0.05) is 32.1 Å². The molecule has 0 saturated carbocycles. The van der Waals surface area contributed by atoms with Gasteiger partial charge in [0.2, 0.25) is 0 Å². The largest absolute Gasteiger partial charge is 0.497 e. The smallest absolute Gasteiger partial charge is 0.488 e. The molecule has 2 aliphatic rings. The minimum Gasteiger partial charge on any atom is -0.497 e. The molecule has 1 atom stereocenters. The van der Waals surface area contributed by atoms with Gasteiger partial charge in [0.05, 0.1) is 19.4 Å². The number of hydrogen-bond acceptors (Lipinski definition) is 6. The van der Waals surface area contributed by atoms with Gasteiger partial charge in [-0.25, -0.2) is 0 Å². The highest BCUT2D eigenvalue weighted by molar-refractivity contribution is 6.58. The topological polar surface area (TPSA) is 74.2 Å². The average molecular weight is 432 g/mol. The molecule has 0 bridgehead atoms. The number of fused-ring (bicyclic) bond motifs is 3. The molecule has 1 saturated heterocycles. The molecule has 7 heteroatoms. The zero-order valence-electron chi connectivity index (χ0n) is 18.3. The SMILES string of the molecule is COc1ccc(-c2ccc3c(c2)N2CCNC[C@@H]2CCO3)cc1.OB(O)c1ccccc1.